The lowest BCUT2D eigenvalue weighted by Gasteiger charge is -2.25. The van der Waals surface area contributed by atoms with Crippen molar-refractivity contribution in [3.05, 3.63) is 66.2 Å². The minimum atomic E-state index is -0.321. The highest BCUT2D eigenvalue weighted by Gasteiger charge is 2.27. The van der Waals surface area contributed by atoms with Gasteiger partial charge in [-0.3, -0.25) is 9.88 Å². The van der Waals surface area contributed by atoms with Gasteiger partial charge in [-0.2, -0.15) is 0 Å². The summed E-state index contributed by atoms with van der Waals surface area (Å²) >= 11 is 0. The SMILES string of the molecule is COc1cccc2cccc([C@H]3N=C(N)Nc4nc5ccccc5n43)c12. The van der Waals surface area contributed by atoms with Gasteiger partial charge in [0.25, 0.3) is 0 Å². The topological polar surface area (TPSA) is 77.5 Å². The number of hydrogen-bond acceptors (Lipinski definition) is 5. The maximum absolute atomic E-state index is 6.07. The Balaban J connectivity index is 1.84. The number of aromatic nitrogens is 2. The lowest BCUT2D eigenvalue weighted by molar-refractivity contribution is 0.419. The van der Waals surface area contributed by atoms with Crippen LogP contribution in [0.15, 0.2) is 65.7 Å². The lowest BCUT2D eigenvalue weighted by Crippen LogP contribution is -2.31. The number of hydrogen-bond donors (Lipinski definition) is 2. The Morgan fingerprint density at radius 2 is 1.85 bits per heavy atom. The van der Waals surface area contributed by atoms with Crippen molar-refractivity contribution in [3.8, 4) is 5.75 Å². The summed E-state index contributed by atoms with van der Waals surface area (Å²) in [6, 6.07) is 20.2. The fraction of sp³-hybridized carbons (Fsp3) is 0.100. The number of aliphatic imine (C=N–C) groups is 1. The third-order valence-electron chi connectivity index (χ3n) is 4.74. The van der Waals surface area contributed by atoms with Crippen LogP contribution in [0.1, 0.15) is 11.7 Å². The van der Waals surface area contributed by atoms with Crippen LogP contribution in [0.4, 0.5) is 5.95 Å². The second-order valence-corrected chi connectivity index (χ2v) is 6.21. The second-order valence-electron chi connectivity index (χ2n) is 6.21. The van der Waals surface area contributed by atoms with Crippen molar-refractivity contribution in [1.29, 1.82) is 0 Å². The van der Waals surface area contributed by atoms with Crippen LogP contribution in [0, 0.1) is 0 Å². The number of anilines is 1. The first-order valence-corrected chi connectivity index (χ1v) is 8.39. The van der Waals surface area contributed by atoms with Gasteiger partial charge in [-0.15, -0.1) is 0 Å². The smallest absolute Gasteiger partial charge is 0.212 e. The van der Waals surface area contributed by atoms with Crippen molar-refractivity contribution < 1.29 is 4.74 Å². The Morgan fingerprint density at radius 3 is 2.69 bits per heavy atom. The Hall–Kier alpha value is -3.54. The van der Waals surface area contributed by atoms with Crippen molar-refractivity contribution in [2.24, 2.45) is 10.7 Å². The fourth-order valence-corrected chi connectivity index (χ4v) is 3.65. The van der Waals surface area contributed by atoms with E-state index >= 15 is 0 Å². The quantitative estimate of drug-likeness (QED) is 0.584. The minimum Gasteiger partial charge on any atom is -0.496 e. The van der Waals surface area contributed by atoms with Crippen LogP contribution < -0.4 is 15.8 Å². The predicted molar refractivity (Wildman–Crippen MR) is 104 cm³/mol. The van der Waals surface area contributed by atoms with E-state index in [0.717, 1.165) is 33.1 Å². The maximum Gasteiger partial charge on any atom is 0.212 e. The van der Waals surface area contributed by atoms with Crippen LogP contribution in [0.3, 0.4) is 0 Å². The number of rotatable bonds is 2. The van der Waals surface area contributed by atoms with Gasteiger partial charge in [-0.05, 0) is 23.6 Å². The molecule has 1 aliphatic heterocycles. The summed E-state index contributed by atoms with van der Waals surface area (Å²) < 4.78 is 7.70. The molecule has 3 aromatic carbocycles. The summed E-state index contributed by atoms with van der Waals surface area (Å²) in [6.45, 7) is 0. The number of benzene rings is 3. The predicted octanol–water partition coefficient (Wildman–Crippen LogP) is 3.49. The second kappa shape index (κ2) is 5.49. The molecular formula is C20H17N5O. The van der Waals surface area contributed by atoms with Gasteiger partial charge in [-0.25, -0.2) is 9.98 Å². The number of para-hydroxylation sites is 2. The standard InChI is InChI=1S/C20H17N5O/c1-26-16-11-5-7-12-6-4-8-13(17(12)16)18-23-19(21)24-20-22-14-9-2-3-10-15(14)25(18)20/h2-11,18H,1H3,(H3,21,22,23,24)/t18-/m0/s1. The number of ether oxygens (including phenoxy) is 1. The highest BCUT2D eigenvalue weighted by Crippen LogP contribution is 2.38. The van der Waals surface area contributed by atoms with Crippen molar-refractivity contribution in [1.82, 2.24) is 9.55 Å². The summed E-state index contributed by atoms with van der Waals surface area (Å²) in [5.41, 5.74) is 8.99. The van der Waals surface area contributed by atoms with Crippen LogP contribution in [-0.4, -0.2) is 22.6 Å². The number of nitrogens with two attached hydrogens (primary N) is 1. The Morgan fingerprint density at radius 1 is 1.04 bits per heavy atom. The van der Waals surface area contributed by atoms with Gasteiger partial charge in [0.1, 0.15) is 5.75 Å². The number of imidazole rings is 1. The molecule has 1 atom stereocenters. The van der Waals surface area contributed by atoms with E-state index in [1.54, 1.807) is 7.11 Å². The first-order valence-electron chi connectivity index (χ1n) is 8.39. The Kier molecular flexibility index (Phi) is 3.12. The minimum absolute atomic E-state index is 0.321. The average Bonchev–Trinajstić information content (AvgIpc) is 3.04. The van der Waals surface area contributed by atoms with Crippen molar-refractivity contribution in [2.75, 3.05) is 12.4 Å². The van der Waals surface area contributed by atoms with E-state index in [0.29, 0.717) is 11.9 Å². The van der Waals surface area contributed by atoms with Gasteiger partial charge in [-0.1, -0.05) is 42.5 Å². The molecule has 6 nitrogen and oxygen atoms in total. The van der Waals surface area contributed by atoms with E-state index in [4.69, 9.17) is 15.5 Å². The summed E-state index contributed by atoms with van der Waals surface area (Å²) in [4.78, 5) is 9.35. The molecule has 0 bridgehead atoms. The number of nitrogens with zero attached hydrogens (tertiary/aromatic N) is 3. The van der Waals surface area contributed by atoms with Gasteiger partial charge in [0.15, 0.2) is 12.1 Å². The molecule has 26 heavy (non-hydrogen) atoms. The normalized spacial score (nSPS) is 16.2. The van der Waals surface area contributed by atoms with Gasteiger partial charge in [0, 0.05) is 10.9 Å². The molecule has 1 aromatic heterocycles. The van der Waals surface area contributed by atoms with Crippen molar-refractivity contribution in [3.63, 3.8) is 0 Å². The number of guanidine groups is 1. The Labute approximate surface area is 149 Å². The van der Waals surface area contributed by atoms with Gasteiger partial charge in [0.2, 0.25) is 5.95 Å². The summed E-state index contributed by atoms with van der Waals surface area (Å²) in [5, 5.41) is 5.20. The molecular weight excluding hydrogens is 326 g/mol. The third kappa shape index (κ3) is 2.05. The first-order chi connectivity index (χ1) is 12.8. The van der Waals surface area contributed by atoms with E-state index < -0.39 is 0 Å². The van der Waals surface area contributed by atoms with Crippen LogP contribution >= 0.6 is 0 Å². The highest BCUT2D eigenvalue weighted by molar-refractivity contribution is 5.96. The summed E-state index contributed by atoms with van der Waals surface area (Å²) in [6.07, 6.45) is -0.321. The molecule has 0 saturated carbocycles. The number of nitrogens with one attached hydrogen (secondary N) is 1. The van der Waals surface area contributed by atoms with E-state index in [-0.39, 0.29) is 6.17 Å². The molecule has 0 fully saturated rings. The van der Waals surface area contributed by atoms with Crippen LogP contribution in [0.2, 0.25) is 0 Å². The molecule has 6 heteroatoms. The van der Waals surface area contributed by atoms with Crippen LogP contribution in [-0.2, 0) is 0 Å². The third-order valence-corrected chi connectivity index (χ3v) is 4.74. The highest BCUT2D eigenvalue weighted by atomic mass is 16.5. The molecule has 1 aliphatic rings. The maximum atomic E-state index is 6.07. The zero-order chi connectivity index (χ0) is 17.7. The molecule has 5 rings (SSSR count). The molecule has 0 saturated heterocycles. The van der Waals surface area contributed by atoms with E-state index in [1.807, 2.05) is 42.5 Å². The molecule has 0 spiro atoms. The number of methoxy groups -OCH3 is 1. The monoisotopic (exact) mass is 343 g/mol. The largest absolute Gasteiger partial charge is 0.496 e. The zero-order valence-electron chi connectivity index (χ0n) is 14.2. The van der Waals surface area contributed by atoms with Gasteiger partial charge < -0.3 is 10.5 Å². The fourth-order valence-electron chi connectivity index (χ4n) is 3.65. The van der Waals surface area contributed by atoms with E-state index in [9.17, 15) is 0 Å². The molecule has 0 aliphatic carbocycles. The molecule has 3 N–H and O–H groups in total. The van der Waals surface area contributed by atoms with Crippen LogP contribution in [0.5, 0.6) is 5.75 Å². The number of fused-ring (bicyclic) bond motifs is 4. The molecule has 0 amide bonds. The van der Waals surface area contributed by atoms with Crippen molar-refractivity contribution in [2.45, 2.75) is 6.17 Å². The van der Waals surface area contributed by atoms with E-state index in [1.165, 1.54) is 0 Å². The summed E-state index contributed by atoms with van der Waals surface area (Å²) in [5.74, 6) is 1.86. The molecule has 128 valence electrons. The van der Waals surface area contributed by atoms with E-state index in [2.05, 4.69) is 33.1 Å². The molecule has 0 unspecified atom stereocenters. The molecule has 2 heterocycles. The zero-order valence-corrected chi connectivity index (χ0v) is 14.2. The molecule has 4 aromatic rings. The van der Waals surface area contributed by atoms with Gasteiger partial charge in [0.05, 0.1) is 18.1 Å². The molecule has 0 radical (unpaired) electrons. The van der Waals surface area contributed by atoms with Crippen molar-refractivity contribution >= 4 is 33.7 Å². The summed E-state index contributed by atoms with van der Waals surface area (Å²) in [7, 11) is 1.68. The first kappa shape index (κ1) is 14.8. The lowest BCUT2D eigenvalue weighted by atomic mass is 10.0. The average molecular weight is 343 g/mol. The van der Waals surface area contributed by atoms with Gasteiger partial charge >= 0.3 is 0 Å². The Bertz CT molecular complexity index is 1170. The van der Waals surface area contributed by atoms with Crippen LogP contribution in [0.25, 0.3) is 21.8 Å².